The van der Waals surface area contributed by atoms with E-state index in [0.717, 1.165) is 17.9 Å². The van der Waals surface area contributed by atoms with E-state index < -0.39 is 5.60 Å². The Kier molecular flexibility index (Phi) is 7.72. The summed E-state index contributed by atoms with van der Waals surface area (Å²) in [6.07, 6.45) is 0.440. The summed E-state index contributed by atoms with van der Waals surface area (Å²) in [5, 5.41) is 2.32. The van der Waals surface area contributed by atoms with Crippen LogP contribution >= 0.6 is 12.2 Å². The first kappa shape index (κ1) is 19.1. The largest absolute Gasteiger partial charge is 0.494 e. The summed E-state index contributed by atoms with van der Waals surface area (Å²) in [4.78, 5) is 17.5. The summed E-state index contributed by atoms with van der Waals surface area (Å²) < 4.78 is 11.0. The van der Waals surface area contributed by atoms with Gasteiger partial charge in [0.05, 0.1) is 17.5 Å². The Labute approximate surface area is 143 Å². The van der Waals surface area contributed by atoms with Crippen LogP contribution < -0.4 is 4.74 Å². The van der Waals surface area contributed by atoms with Crippen molar-refractivity contribution in [2.75, 3.05) is 19.7 Å². The number of rotatable bonds is 7. The van der Waals surface area contributed by atoms with Crippen LogP contribution in [0.4, 0.5) is 10.5 Å². The second-order valence-electron chi connectivity index (χ2n) is 5.96. The number of hydrogen-bond acceptors (Lipinski definition) is 5. The maximum atomic E-state index is 12.0. The van der Waals surface area contributed by atoms with E-state index >= 15 is 0 Å². The van der Waals surface area contributed by atoms with E-state index in [2.05, 4.69) is 22.4 Å². The van der Waals surface area contributed by atoms with Gasteiger partial charge in [-0.3, -0.25) is 0 Å². The quantitative estimate of drug-likeness (QED) is 0.419. The zero-order valence-corrected chi connectivity index (χ0v) is 15.0. The maximum Gasteiger partial charge on any atom is 0.410 e. The average Bonchev–Trinajstić information content (AvgIpc) is 2.47. The van der Waals surface area contributed by atoms with Gasteiger partial charge in [0.1, 0.15) is 11.4 Å². The molecule has 0 aromatic heterocycles. The molecule has 0 aliphatic carbocycles. The Hall–Kier alpha value is -1.91. The number of carbonyl (C=O) groups is 1. The van der Waals surface area contributed by atoms with Crippen molar-refractivity contribution in [3.8, 4) is 5.75 Å². The van der Waals surface area contributed by atoms with Crippen LogP contribution in [0.1, 0.15) is 34.1 Å². The number of thiocarbonyl (C=S) groups is 1. The van der Waals surface area contributed by atoms with Crippen LogP contribution in [0, 0.1) is 0 Å². The molecule has 0 aliphatic rings. The molecule has 5 nitrogen and oxygen atoms in total. The molecule has 0 saturated carbocycles. The van der Waals surface area contributed by atoms with Crippen molar-refractivity contribution in [2.45, 2.75) is 39.7 Å². The topological polar surface area (TPSA) is 51.1 Å². The van der Waals surface area contributed by atoms with E-state index in [0.29, 0.717) is 19.7 Å². The van der Waals surface area contributed by atoms with Crippen molar-refractivity contribution in [1.29, 1.82) is 0 Å². The molecule has 1 rings (SSSR count). The molecule has 0 radical (unpaired) electrons. The predicted molar refractivity (Wildman–Crippen MR) is 94.7 cm³/mol. The van der Waals surface area contributed by atoms with Crippen LogP contribution in [0.25, 0.3) is 0 Å². The summed E-state index contributed by atoms with van der Waals surface area (Å²) in [5.74, 6) is 0.758. The Balaban J connectivity index is 2.37. The molecular formula is C17H24N2O3S. The van der Waals surface area contributed by atoms with Gasteiger partial charge in [-0.25, -0.2) is 4.79 Å². The number of benzene rings is 1. The van der Waals surface area contributed by atoms with Crippen LogP contribution in [0.15, 0.2) is 29.3 Å². The first-order chi connectivity index (χ1) is 10.9. The standard InChI is InChI=1S/C17H24N2O3S/c1-5-19(16(20)22-17(2,3)4)11-6-12-21-15-9-7-14(8-10-15)18-13-23/h7-10H,5-6,11-12H2,1-4H3. The summed E-state index contributed by atoms with van der Waals surface area (Å²) in [5.41, 5.74) is 0.266. The summed E-state index contributed by atoms with van der Waals surface area (Å²) in [7, 11) is 0. The monoisotopic (exact) mass is 336 g/mol. The van der Waals surface area contributed by atoms with Crippen molar-refractivity contribution in [3.63, 3.8) is 0 Å². The van der Waals surface area contributed by atoms with Crippen molar-refractivity contribution < 1.29 is 14.3 Å². The Morgan fingerprint density at radius 3 is 2.48 bits per heavy atom. The lowest BCUT2D eigenvalue weighted by Gasteiger charge is -2.26. The van der Waals surface area contributed by atoms with Gasteiger partial charge in [-0.1, -0.05) is 0 Å². The Bertz CT molecular complexity index is 546. The van der Waals surface area contributed by atoms with Gasteiger partial charge < -0.3 is 14.4 Å². The second kappa shape index (κ2) is 9.28. The van der Waals surface area contributed by atoms with E-state index in [4.69, 9.17) is 9.47 Å². The minimum absolute atomic E-state index is 0.289. The summed E-state index contributed by atoms with van der Waals surface area (Å²) >= 11 is 4.55. The lowest BCUT2D eigenvalue weighted by atomic mass is 10.2. The van der Waals surface area contributed by atoms with Crippen molar-refractivity contribution in [2.24, 2.45) is 4.99 Å². The fourth-order valence-corrected chi connectivity index (χ4v) is 1.93. The normalized spacial score (nSPS) is 10.6. The number of carbonyl (C=O) groups excluding carboxylic acids is 1. The first-order valence-corrected chi connectivity index (χ1v) is 8.05. The molecule has 126 valence electrons. The fourth-order valence-electron chi connectivity index (χ4n) is 1.82. The molecule has 1 aromatic carbocycles. The van der Waals surface area contributed by atoms with Gasteiger partial charge in [0.2, 0.25) is 0 Å². The molecule has 0 saturated heterocycles. The molecule has 0 spiro atoms. The summed E-state index contributed by atoms with van der Waals surface area (Å²) in [6.45, 7) is 9.24. The van der Waals surface area contributed by atoms with Gasteiger partial charge in [-0.15, -0.1) is 0 Å². The highest BCUT2D eigenvalue weighted by Crippen LogP contribution is 2.17. The number of isothiocyanates is 1. The number of nitrogens with zero attached hydrogens (tertiary/aromatic N) is 2. The third-order valence-electron chi connectivity index (χ3n) is 2.89. The predicted octanol–water partition coefficient (Wildman–Crippen LogP) is 4.45. The third kappa shape index (κ3) is 7.77. The zero-order valence-electron chi connectivity index (χ0n) is 14.2. The van der Waals surface area contributed by atoms with Crippen LogP contribution in [-0.2, 0) is 4.74 Å². The van der Waals surface area contributed by atoms with Gasteiger partial charge >= 0.3 is 6.09 Å². The number of hydrogen-bond donors (Lipinski definition) is 0. The molecule has 1 amide bonds. The van der Waals surface area contributed by atoms with E-state index in [9.17, 15) is 4.79 Å². The first-order valence-electron chi connectivity index (χ1n) is 7.64. The number of ether oxygens (including phenoxy) is 2. The van der Waals surface area contributed by atoms with Crippen LogP contribution in [0.5, 0.6) is 5.75 Å². The SMILES string of the molecule is CCN(CCCOc1ccc(N=C=S)cc1)C(=O)OC(C)(C)C. The van der Waals surface area contributed by atoms with Gasteiger partial charge in [0.15, 0.2) is 0 Å². The molecule has 1 aromatic rings. The second-order valence-corrected chi connectivity index (χ2v) is 6.14. The lowest BCUT2D eigenvalue weighted by molar-refractivity contribution is 0.0252. The molecule has 0 aliphatic heterocycles. The zero-order chi connectivity index (χ0) is 17.3. The maximum absolute atomic E-state index is 12.0. The van der Waals surface area contributed by atoms with Crippen LogP contribution in [0.3, 0.4) is 0 Å². The molecule has 0 N–H and O–H groups in total. The van der Waals surface area contributed by atoms with Crippen LogP contribution in [0.2, 0.25) is 0 Å². The van der Waals surface area contributed by atoms with Gasteiger partial charge in [0.25, 0.3) is 0 Å². The Morgan fingerprint density at radius 1 is 1.30 bits per heavy atom. The molecule has 0 heterocycles. The van der Waals surface area contributed by atoms with Gasteiger partial charge in [-0.05, 0) is 70.6 Å². The minimum Gasteiger partial charge on any atom is -0.494 e. The van der Waals surface area contributed by atoms with Crippen molar-refractivity contribution >= 4 is 29.2 Å². The van der Waals surface area contributed by atoms with Crippen molar-refractivity contribution in [1.82, 2.24) is 4.90 Å². The number of amides is 1. The highest BCUT2D eigenvalue weighted by atomic mass is 32.1. The van der Waals surface area contributed by atoms with Crippen molar-refractivity contribution in [3.05, 3.63) is 24.3 Å². The molecule has 0 unspecified atom stereocenters. The highest BCUT2D eigenvalue weighted by molar-refractivity contribution is 7.78. The minimum atomic E-state index is -0.478. The number of aliphatic imine (C=N–C) groups is 1. The third-order valence-corrected chi connectivity index (χ3v) is 2.98. The molecule has 23 heavy (non-hydrogen) atoms. The summed E-state index contributed by atoms with van der Waals surface area (Å²) in [6, 6.07) is 7.29. The lowest BCUT2D eigenvalue weighted by Crippen LogP contribution is -2.37. The molecule has 0 fully saturated rings. The van der Waals surface area contributed by atoms with E-state index in [1.807, 2.05) is 52.0 Å². The van der Waals surface area contributed by atoms with Crippen LogP contribution in [-0.4, -0.2) is 41.5 Å². The molecule has 0 bridgehead atoms. The van der Waals surface area contributed by atoms with E-state index in [1.54, 1.807) is 4.90 Å². The van der Waals surface area contributed by atoms with Gasteiger partial charge in [-0.2, -0.15) is 4.99 Å². The van der Waals surface area contributed by atoms with E-state index in [-0.39, 0.29) is 6.09 Å². The average molecular weight is 336 g/mol. The Morgan fingerprint density at radius 2 is 1.96 bits per heavy atom. The molecule has 6 heteroatoms. The van der Waals surface area contributed by atoms with E-state index in [1.165, 1.54) is 0 Å². The molecular weight excluding hydrogens is 312 g/mol. The smallest absolute Gasteiger partial charge is 0.410 e. The van der Waals surface area contributed by atoms with Gasteiger partial charge in [0, 0.05) is 13.1 Å². The highest BCUT2D eigenvalue weighted by Gasteiger charge is 2.20. The molecule has 0 atom stereocenters. The fraction of sp³-hybridized carbons (Fsp3) is 0.529.